The average molecular weight is 361 g/mol. The Bertz CT molecular complexity index is 623. The highest BCUT2D eigenvalue weighted by molar-refractivity contribution is 9.10. The first-order valence-corrected chi connectivity index (χ1v) is 6.81. The van der Waals surface area contributed by atoms with Crippen molar-refractivity contribution in [3.63, 3.8) is 0 Å². The largest absolute Gasteiger partial charge is 0.324 e. The Hall–Kier alpha value is -1.46. The lowest BCUT2D eigenvalue weighted by Gasteiger charge is -2.09. The molecule has 0 aliphatic heterocycles. The first kappa shape index (κ1) is 14.9. The number of benzene rings is 2. The van der Waals surface area contributed by atoms with Crippen molar-refractivity contribution in [1.82, 2.24) is 0 Å². The predicted octanol–water partition coefficient (Wildman–Crippen LogP) is 4.56. The summed E-state index contributed by atoms with van der Waals surface area (Å²) in [5.74, 6) is -1.19. The minimum absolute atomic E-state index is 0.0699. The molecule has 2 aromatic rings. The first-order chi connectivity index (χ1) is 9.45. The van der Waals surface area contributed by atoms with Crippen molar-refractivity contribution >= 4 is 39.1 Å². The van der Waals surface area contributed by atoms with Crippen LogP contribution in [0.15, 0.2) is 40.9 Å². The maximum Gasteiger partial charge on any atom is 0.228 e. The number of anilines is 1. The van der Waals surface area contributed by atoms with E-state index in [4.69, 9.17) is 11.6 Å². The Morgan fingerprint density at radius 3 is 2.40 bits per heavy atom. The molecule has 0 heterocycles. The second-order valence-corrected chi connectivity index (χ2v) is 5.36. The smallest absolute Gasteiger partial charge is 0.228 e. The van der Waals surface area contributed by atoms with Crippen LogP contribution in [0.25, 0.3) is 0 Å². The summed E-state index contributed by atoms with van der Waals surface area (Å²) in [5, 5.41) is 2.69. The van der Waals surface area contributed by atoms with Gasteiger partial charge in [-0.1, -0.05) is 23.7 Å². The molecule has 0 unspecified atom stereocenters. The van der Waals surface area contributed by atoms with Gasteiger partial charge in [0.2, 0.25) is 5.91 Å². The van der Waals surface area contributed by atoms with Crippen molar-refractivity contribution in [3.05, 3.63) is 63.1 Å². The molecule has 0 bridgehead atoms. The minimum atomic E-state index is -0.501. The molecule has 2 rings (SSSR count). The Morgan fingerprint density at radius 2 is 1.80 bits per heavy atom. The second kappa shape index (κ2) is 6.33. The van der Waals surface area contributed by atoms with Crippen LogP contribution in [0.5, 0.6) is 0 Å². The second-order valence-electron chi connectivity index (χ2n) is 4.10. The molecule has 2 aromatic carbocycles. The van der Waals surface area contributed by atoms with Gasteiger partial charge in [-0.05, 0) is 45.8 Å². The SMILES string of the molecule is O=C(Cc1ccc(F)cc1)Nc1c(Cl)cc(F)cc1Br. The van der Waals surface area contributed by atoms with Crippen molar-refractivity contribution in [2.45, 2.75) is 6.42 Å². The normalized spacial score (nSPS) is 10.4. The van der Waals surface area contributed by atoms with Crippen LogP contribution in [0, 0.1) is 11.6 Å². The number of hydrogen-bond donors (Lipinski definition) is 1. The van der Waals surface area contributed by atoms with E-state index in [2.05, 4.69) is 21.2 Å². The summed E-state index contributed by atoms with van der Waals surface area (Å²) in [5.41, 5.74) is 0.971. The fraction of sp³-hybridized carbons (Fsp3) is 0.0714. The maximum atomic E-state index is 13.1. The fourth-order valence-corrected chi connectivity index (χ4v) is 2.53. The standard InChI is InChI=1S/C14H9BrClF2NO/c15-11-6-10(18)7-12(16)14(11)19-13(20)5-8-1-3-9(17)4-2-8/h1-4,6-7H,5H2,(H,19,20). The first-order valence-electron chi connectivity index (χ1n) is 5.64. The molecule has 6 heteroatoms. The molecular weight excluding hydrogens is 352 g/mol. The van der Waals surface area contributed by atoms with E-state index in [-0.39, 0.29) is 23.2 Å². The number of carbonyl (C=O) groups excluding carboxylic acids is 1. The number of amides is 1. The van der Waals surface area contributed by atoms with Crippen LogP contribution in [0.2, 0.25) is 5.02 Å². The summed E-state index contributed by atoms with van der Waals surface area (Å²) in [4.78, 5) is 11.9. The summed E-state index contributed by atoms with van der Waals surface area (Å²) in [6, 6.07) is 7.93. The number of nitrogens with one attached hydrogen (secondary N) is 1. The third-order valence-electron chi connectivity index (χ3n) is 2.55. The van der Waals surface area contributed by atoms with Crippen molar-refractivity contribution in [1.29, 1.82) is 0 Å². The maximum absolute atomic E-state index is 13.1. The van der Waals surface area contributed by atoms with Crippen LogP contribution in [0.1, 0.15) is 5.56 Å². The lowest BCUT2D eigenvalue weighted by molar-refractivity contribution is -0.115. The summed E-state index contributed by atoms with van der Waals surface area (Å²) >= 11 is 9.00. The predicted molar refractivity (Wildman–Crippen MR) is 77.8 cm³/mol. The van der Waals surface area contributed by atoms with Gasteiger partial charge < -0.3 is 5.32 Å². The van der Waals surface area contributed by atoms with Crippen molar-refractivity contribution in [2.24, 2.45) is 0 Å². The summed E-state index contributed by atoms with van der Waals surface area (Å²) in [6.07, 6.45) is 0.0699. The highest BCUT2D eigenvalue weighted by Crippen LogP contribution is 2.31. The Balaban J connectivity index is 2.10. The van der Waals surface area contributed by atoms with Crippen LogP contribution in [0.4, 0.5) is 14.5 Å². The number of hydrogen-bond acceptors (Lipinski definition) is 1. The van der Waals surface area contributed by atoms with Gasteiger partial charge in [0.05, 0.1) is 17.1 Å². The molecule has 0 radical (unpaired) electrons. The monoisotopic (exact) mass is 359 g/mol. The zero-order chi connectivity index (χ0) is 14.7. The number of carbonyl (C=O) groups is 1. The molecule has 104 valence electrons. The molecule has 0 atom stereocenters. The van der Waals surface area contributed by atoms with E-state index in [9.17, 15) is 13.6 Å². The van der Waals surface area contributed by atoms with Crippen LogP contribution >= 0.6 is 27.5 Å². The zero-order valence-corrected chi connectivity index (χ0v) is 12.4. The molecular formula is C14H9BrClF2NO. The fourth-order valence-electron chi connectivity index (χ4n) is 1.63. The molecule has 1 N–H and O–H groups in total. The zero-order valence-electron chi connectivity index (χ0n) is 10.1. The summed E-state index contributed by atoms with van der Waals surface area (Å²) in [7, 11) is 0. The van der Waals surface area contributed by atoms with Gasteiger partial charge in [0.1, 0.15) is 11.6 Å². The van der Waals surface area contributed by atoms with E-state index < -0.39 is 5.82 Å². The highest BCUT2D eigenvalue weighted by atomic mass is 79.9. The van der Waals surface area contributed by atoms with E-state index >= 15 is 0 Å². The van der Waals surface area contributed by atoms with Crippen molar-refractivity contribution < 1.29 is 13.6 Å². The van der Waals surface area contributed by atoms with Gasteiger partial charge in [0.25, 0.3) is 0 Å². The molecule has 0 aliphatic rings. The van der Waals surface area contributed by atoms with Crippen LogP contribution < -0.4 is 5.32 Å². The third-order valence-corrected chi connectivity index (χ3v) is 3.47. The molecule has 0 spiro atoms. The minimum Gasteiger partial charge on any atom is -0.324 e. The quantitative estimate of drug-likeness (QED) is 0.854. The van der Waals surface area contributed by atoms with Gasteiger partial charge in [-0.15, -0.1) is 0 Å². The molecule has 0 saturated carbocycles. The lowest BCUT2D eigenvalue weighted by Crippen LogP contribution is -2.15. The van der Waals surface area contributed by atoms with Crippen molar-refractivity contribution in [3.8, 4) is 0 Å². The van der Waals surface area contributed by atoms with E-state index in [1.54, 1.807) is 0 Å². The van der Waals surface area contributed by atoms with Crippen LogP contribution in [-0.4, -0.2) is 5.91 Å². The lowest BCUT2D eigenvalue weighted by atomic mass is 10.1. The van der Waals surface area contributed by atoms with Gasteiger partial charge in [0, 0.05) is 4.47 Å². The average Bonchev–Trinajstić information content (AvgIpc) is 2.36. The van der Waals surface area contributed by atoms with Crippen LogP contribution in [0.3, 0.4) is 0 Å². The highest BCUT2D eigenvalue weighted by Gasteiger charge is 2.12. The number of halogens is 4. The van der Waals surface area contributed by atoms with Gasteiger partial charge in [-0.3, -0.25) is 4.79 Å². The van der Waals surface area contributed by atoms with Gasteiger partial charge in [-0.25, -0.2) is 8.78 Å². The Morgan fingerprint density at radius 1 is 1.15 bits per heavy atom. The van der Waals surface area contributed by atoms with Gasteiger partial charge in [-0.2, -0.15) is 0 Å². The van der Waals surface area contributed by atoms with E-state index in [1.807, 2.05) is 0 Å². The number of rotatable bonds is 3. The van der Waals surface area contributed by atoms with E-state index in [0.717, 1.165) is 6.07 Å². The summed E-state index contributed by atoms with van der Waals surface area (Å²) in [6.45, 7) is 0. The molecule has 2 nitrogen and oxygen atoms in total. The molecule has 0 aliphatic carbocycles. The molecule has 20 heavy (non-hydrogen) atoms. The van der Waals surface area contributed by atoms with Crippen molar-refractivity contribution in [2.75, 3.05) is 5.32 Å². The Labute approximate surface area is 127 Å². The molecule has 0 saturated heterocycles. The molecule has 0 aromatic heterocycles. The van der Waals surface area contributed by atoms with E-state index in [1.165, 1.54) is 30.3 Å². The van der Waals surface area contributed by atoms with Gasteiger partial charge >= 0.3 is 0 Å². The molecule has 0 fully saturated rings. The van der Waals surface area contributed by atoms with E-state index in [0.29, 0.717) is 15.7 Å². The summed E-state index contributed by atoms with van der Waals surface area (Å²) < 4.78 is 26.2. The third kappa shape index (κ3) is 3.77. The Kier molecular flexibility index (Phi) is 4.73. The molecule has 1 amide bonds. The topological polar surface area (TPSA) is 29.1 Å². The van der Waals surface area contributed by atoms with Crippen LogP contribution in [-0.2, 0) is 11.2 Å². The van der Waals surface area contributed by atoms with Gasteiger partial charge in [0.15, 0.2) is 0 Å².